The Morgan fingerprint density at radius 3 is 1.68 bits per heavy atom. The Morgan fingerprint density at radius 2 is 1.04 bits per heavy atom. The summed E-state index contributed by atoms with van der Waals surface area (Å²) in [5.74, 6) is 3.12. The molecule has 6 heteroatoms. The molecule has 5 aliphatic rings. The van der Waals surface area contributed by atoms with E-state index < -0.39 is 0 Å². The number of ether oxygens (including phenoxy) is 2. The lowest BCUT2D eigenvalue weighted by molar-refractivity contribution is 0.482. The average molecular weight is 945 g/mol. The molecule has 10 aromatic rings. The Balaban J connectivity index is 1.09. The van der Waals surface area contributed by atoms with Crippen LogP contribution in [0.2, 0.25) is 0 Å². The Kier molecular flexibility index (Phi) is 9.46. The molecule has 0 amide bonds. The number of hydrogen-bond donors (Lipinski definition) is 0. The molecule has 0 aliphatic carbocycles. The fraction of sp³-hybridized carbons (Fsp3) is 0.197. The molecule has 6 nitrogen and oxygen atoms in total. The topological polar surface area (TPSA) is 42.8 Å². The average Bonchev–Trinajstić information content (AvgIpc) is 4.09. The second-order valence-electron chi connectivity index (χ2n) is 22.3. The molecule has 2 aromatic heterocycles. The third-order valence-electron chi connectivity index (χ3n) is 14.3. The highest BCUT2D eigenvalue weighted by molar-refractivity contribution is 6.09. The SMILES string of the molecule is [2H]c1c([2H])c([2H])c2c(c1[2H])c1ccc3cc1n2-c1cc(C(C)(C)C)c(cn1)-c1ccc(cc1)Oc1ccc(cc1)-c1cc(C(C)(C)C)cc(-c2ccc(C(C)(C)C)cc2)c1N1CN(c2cccc(c2)O3)c2ccccc21. The molecule has 0 radical (unpaired) electrons. The summed E-state index contributed by atoms with van der Waals surface area (Å²) in [5, 5.41) is 1.09. The van der Waals surface area contributed by atoms with Crippen LogP contribution in [0.15, 0.2) is 188 Å². The molecular formula is C66H60N4O2. The van der Waals surface area contributed by atoms with Crippen LogP contribution in [0.5, 0.6) is 23.0 Å². The maximum absolute atomic E-state index is 9.29. The molecule has 15 rings (SSSR count). The van der Waals surface area contributed by atoms with Crippen molar-refractivity contribution in [2.75, 3.05) is 16.5 Å². The zero-order valence-electron chi connectivity index (χ0n) is 46.4. The number of rotatable bonds is 1. The van der Waals surface area contributed by atoms with E-state index in [0.29, 0.717) is 51.5 Å². The van der Waals surface area contributed by atoms with Gasteiger partial charge in [0, 0.05) is 51.5 Å². The third kappa shape index (κ3) is 7.96. The minimum atomic E-state index is -0.347. The van der Waals surface area contributed by atoms with E-state index in [4.69, 9.17) is 18.6 Å². The van der Waals surface area contributed by atoms with Gasteiger partial charge in [-0.3, -0.25) is 4.57 Å². The normalized spacial score (nSPS) is 14.2. The largest absolute Gasteiger partial charge is 0.457 e. The number of pyridine rings is 1. The van der Waals surface area contributed by atoms with Gasteiger partial charge in [0.2, 0.25) is 0 Å². The fourth-order valence-corrected chi connectivity index (χ4v) is 10.4. The molecule has 0 fully saturated rings. The highest BCUT2D eigenvalue weighted by Crippen LogP contribution is 2.52. The number of para-hydroxylation sites is 3. The lowest BCUT2D eigenvalue weighted by Crippen LogP contribution is -2.25. The quantitative estimate of drug-likeness (QED) is 0.164. The third-order valence-corrected chi connectivity index (χ3v) is 14.3. The summed E-state index contributed by atoms with van der Waals surface area (Å²) in [7, 11) is 0. The molecule has 0 saturated carbocycles. The van der Waals surface area contributed by atoms with E-state index in [-0.39, 0.29) is 40.4 Å². The summed E-state index contributed by atoms with van der Waals surface area (Å²) in [4.78, 5) is 9.89. The minimum absolute atomic E-state index is 0.00270. The lowest BCUT2D eigenvalue weighted by atomic mass is 9.81. The van der Waals surface area contributed by atoms with Crippen LogP contribution in [0.1, 0.15) is 84.5 Å². The van der Waals surface area contributed by atoms with Gasteiger partial charge in [-0.2, -0.15) is 0 Å². The smallest absolute Gasteiger partial charge is 0.137 e. The molecule has 0 spiro atoms. The maximum atomic E-state index is 9.29. The molecule has 0 unspecified atom stereocenters. The van der Waals surface area contributed by atoms with E-state index in [1.807, 2.05) is 59.3 Å². The van der Waals surface area contributed by atoms with Crippen molar-refractivity contribution in [1.29, 1.82) is 0 Å². The van der Waals surface area contributed by atoms with Gasteiger partial charge in [0.1, 0.15) is 35.5 Å². The van der Waals surface area contributed by atoms with Gasteiger partial charge in [-0.05, 0) is 135 Å². The predicted molar refractivity (Wildman–Crippen MR) is 300 cm³/mol. The molecule has 0 N–H and O–H groups in total. The molecule has 72 heavy (non-hydrogen) atoms. The van der Waals surface area contributed by atoms with Crippen LogP contribution in [0.25, 0.3) is 61.0 Å². The first-order chi connectivity index (χ1) is 36.2. The van der Waals surface area contributed by atoms with E-state index in [9.17, 15) is 1.37 Å². The van der Waals surface area contributed by atoms with E-state index in [2.05, 4.69) is 181 Å². The lowest BCUT2D eigenvalue weighted by Gasteiger charge is -2.30. The number of hydrogen-bond acceptors (Lipinski definition) is 5. The number of aromatic nitrogens is 2. The van der Waals surface area contributed by atoms with Gasteiger partial charge in [0.05, 0.1) is 33.6 Å². The summed E-state index contributed by atoms with van der Waals surface area (Å²) < 4.78 is 51.3. The van der Waals surface area contributed by atoms with Crippen LogP contribution >= 0.6 is 0 Å². The van der Waals surface area contributed by atoms with Crippen molar-refractivity contribution in [2.24, 2.45) is 0 Å². The Morgan fingerprint density at radius 1 is 0.472 bits per heavy atom. The van der Waals surface area contributed by atoms with Crippen LogP contribution < -0.4 is 19.3 Å². The first kappa shape index (κ1) is 40.6. The summed E-state index contributed by atoms with van der Waals surface area (Å²) in [5.41, 5.74) is 14.6. The molecule has 12 bridgehead atoms. The monoisotopic (exact) mass is 944 g/mol. The summed E-state index contributed by atoms with van der Waals surface area (Å²) in [6.45, 7) is 20.6. The van der Waals surface area contributed by atoms with E-state index >= 15 is 0 Å². The van der Waals surface area contributed by atoms with Crippen molar-refractivity contribution in [1.82, 2.24) is 9.55 Å². The number of anilines is 4. The standard InChI is InChI=1S/C66H60N4O2/c1-64(2,3)45-27-21-42(22-28-45)54-35-46(65(4,5)6)36-55-43-23-29-48(30-24-43)71-49-31-25-44(26-32-49)56-40-67-62(39-57(56)66(7,8)9)70-58-18-11-10-17-52(58)53-34-33-51(38-61(53)70)72-50-16-14-15-47(37-50)68-41-69(63(54)55)60-20-13-12-19-59(60)68/h10-40H,41H2,1-9H3/i10D,11D,17D,18D. The van der Waals surface area contributed by atoms with Gasteiger partial charge >= 0.3 is 0 Å². The highest BCUT2D eigenvalue weighted by Gasteiger charge is 2.33. The maximum Gasteiger partial charge on any atom is 0.137 e. The second-order valence-corrected chi connectivity index (χ2v) is 22.3. The molecule has 0 atom stereocenters. The summed E-state index contributed by atoms with van der Waals surface area (Å²) in [6, 6.07) is 54.1. The Bertz CT molecular complexity index is 3960. The fourth-order valence-electron chi connectivity index (χ4n) is 10.4. The van der Waals surface area contributed by atoms with Gasteiger partial charge in [0.15, 0.2) is 0 Å². The summed E-state index contributed by atoms with van der Waals surface area (Å²) in [6.07, 6.45) is 1.87. The van der Waals surface area contributed by atoms with Gasteiger partial charge in [-0.15, -0.1) is 0 Å². The first-order valence-electron chi connectivity index (χ1n) is 26.9. The van der Waals surface area contributed by atoms with E-state index in [1.54, 1.807) is 0 Å². The van der Waals surface area contributed by atoms with E-state index in [1.165, 1.54) is 11.1 Å². The Labute approximate surface area is 429 Å². The van der Waals surface area contributed by atoms with Gasteiger partial charge in [0.25, 0.3) is 0 Å². The van der Waals surface area contributed by atoms with Crippen LogP contribution in [-0.4, -0.2) is 16.2 Å². The Hall–Kier alpha value is -8.09. The molecule has 356 valence electrons. The predicted octanol–water partition coefficient (Wildman–Crippen LogP) is 18.2. The first-order valence-corrected chi connectivity index (χ1v) is 24.9. The highest BCUT2D eigenvalue weighted by atomic mass is 16.5. The number of fused-ring (bicyclic) bond motifs is 6. The van der Waals surface area contributed by atoms with Crippen molar-refractivity contribution >= 4 is 44.6 Å². The van der Waals surface area contributed by atoms with Crippen molar-refractivity contribution in [3.05, 3.63) is 205 Å². The molecule has 8 aromatic carbocycles. The summed E-state index contributed by atoms with van der Waals surface area (Å²) >= 11 is 0. The number of nitrogens with zero attached hydrogens (tertiary/aromatic N) is 4. The molecule has 0 saturated heterocycles. The van der Waals surface area contributed by atoms with Crippen LogP contribution in [0.3, 0.4) is 0 Å². The molecule has 7 heterocycles. The zero-order chi connectivity index (χ0) is 53.2. The van der Waals surface area contributed by atoms with Gasteiger partial charge < -0.3 is 19.3 Å². The van der Waals surface area contributed by atoms with Crippen molar-refractivity contribution in [3.63, 3.8) is 0 Å². The van der Waals surface area contributed by atoms with Crippen molar-refractivity contribution in [3.8, 4) is 62.2 Å². The van der Waals surface area contributed by atoms with Crippen molar-refractivity contribution in [2.45, 2.75) is 78.6 Å². The van der Waals surface area contributed by atoms with Crippen molar-refractivity contribution < 1.29 is 15.0 Å². The van der Waals surface area contributed by atoms with Crippen LogP contribution in [0.4, 0.5) is 22.7 Å². The van der Waals surface area contributed by atoms with Crippen LogP contribution in [-0.2, 0) is 16.2 Å². The van der Waals surface area contributed by atoms with Crippen LogP contribution in [0, 0.1) is 0 Å². The molecular weight excluding hydrogens is 881 g/mol. The number of benzene rings is 8. The van der Waals surface area contributed by atoms with E-state index in [0.717, 1.165) is 67.4 Å². The second kappa shape index (κ2) is 16.8. The van der Waals surface area contributed by atoms with Gasteiger partial charge in [-0.25, -0.2) is 4.98 Å². The molecule has 5 aliphatic heterocycles. The zero-order valence-corrected chi connectivity index (χ0v) is 42.4. The van der Waals surface area contributed by atoms with Gasteiger partial charge in [-0.1, -0.05) is 147 Å². The minimum Gasteiger partial charge on any atom is -0.457 e.